The van der Waals surface area contributed by atoms with Gasteiger partial charge in [-0.3, -0.25) is 4.79 Å². The molecule has 1 aliphatic heterocycles. The third-order valence-corrected chi connectivity index (χ3v) is 5.04. The molecule has 0 aromatic carbocycles. The summed E-state index contributed by atoms with van der Waals surface area (Å²) in [6.07, 6.45) is 1.65. The molecule has 1 aliphatic rings. The van der Waals surface area contributed by atoms with Crippen LogP contribution in [0.3, 0.4) is 0 Å². The monoisotopic (exact) mass is 394 g/mol. The largest absolute Gasteiger partial charge is 0.504 e. The highest BCUT2D eigenvalue weighted by Gasteiger charge is 2.35. The Balaban J connectivity index is 2.61. The fourth-order valence-electron chi connectivity index (χ4n) is 2.50. The van der Waals surface area contributed by atoms with Crippen LogP contribution in [0.4, 0.5) is 0 Å². The maximum absolute atomic E-state index is 12.6. The van der Waals surface area contributed by atoms with Gasteiger partial charge < -0.3 is 5.11 Å². The highest BCUT2D eigenvalue weighted by molar-refractivity contribution is 8.26. The van der Waals surface area contributed by atoms with Crippen molar-refractivity contribution in [2.24, 2.45) is 0 Å². The van der Waals surface area contributed by atoms with Crippen LogP contribution in [0.15, 0.2) is 4.91 Å². The molecule has 1 N–H and O–H groups in total. The van der Waals surface area contributed by atoms with Crippen molar-refractivity contribution in [1.29, 1.82) is 0 Å². The molecule has 6 nitrogen and oxygen atoms in total. The van der Waals surface area contributed by atoms with E-state index in [1.54, 1.807) is 25.2 Å². The van der Waals surface area contributed by atoms with Crippen LogP contribution in [-0.2, 0) is 15.6 Å². The van der Waals surface area contributed by atoms with Crippen LogP contribution in [0.1, 0.15) is 58.8 Å². The normalized spacial score (nSPS) is 17.7. The lowest BCUT2D eigenvalue weighted by molar-refractivity contribution is -0.130. The second-order valence-electron chi connectivity index (χ2n) is 8.47. The molecule has 1 saturated heterocycles. The molecular formula is C18H26N4O2S2. The third-order valence-electron chi connectivity index (χ3n) is 3.76. The number of rotatable bonds is 2. The van der Waals surface area contributed by atoms with Gasteiger partial charge in [0.15, 0.2) is 15.9 Å². The van der Waals surface area contributed by atoms with E-state index in [2.05, 4.69) is 9.97 Å². The van der Waals surface area contributed by atoms with Gasteiger partial charge in [0.25, 0.3) is 5.91 Å². The standard InChI is InChI=1S/C18H26N4O2S2/c1-17(2,3)13-12(23)14(18(4,5)6)20-11(19-13)9-10-15(24)22(21(7)8)16(25)26-10/h9,23H,1-8H3. The molecule has 0 unspecified atom stereocenters. The van der Waals surface area contributed by atoms with E-state index in [0.29, 0.717) is 26.4 Å². The molecule has 1 fully saturated rings. The van der Waals surface area contributed by atoms with Crippen LogP contribution in [-0.4, -0.2) is 49.4 Å². The van der Waals surface area contributed by atoms with Gasteiger partial charge in [0, 0.05) is 31.0 Å². The van der Waals surface area contributed by atoms with Gasteiger partial charge >= 0.3 is 0 Å². The summed E-state index contributed by atoms with van der Waals surface area (Å²) in [5.74, 6) is 0.316. The minimum absolute atomic E-state index is 0.114. The smallest absolute Gasteiger partial charge is 0.281 e. The SMILES string of the molecule is CN(C)N1C(=O)C(=Cc2nc(C(C)(C)C)c(O)c(C(C)(C)C)n2)SC1=S. The number of hydrazine groups is 1. The molecule has 0 aliphatic carbocycles. The summed E-state index contributed by atoms with van der Waals surface area (Å²) in [5, 5.41) is 13.8. The van der Waals surface area contributed by atoms with Gasteiger partial charge in [-0.15, -0.1) is 0 Å². The second kappa shape index (κ2) is 6.90. The van der Waals surface area contributed by atoms with Gasteiger partial charge in [0.05, 0.1) is 16.3 Å². The Morgan fingerprint density at radius 2 is 1.54 bits per heavy atom. The van der Waals surface area contributed by atoms with Crippen LogP contribution in [0.5, 0.6) is 5.75 Å². The third kappa shape index (κ3) is 4.07. The van der Waals surface area contributed by atoms with E-state index in [0.717, 1.165) is 0 Å². The Labute approximate surface area is 164 Å². The molecule has 0 spiro atoms. The number of aromatic hydroxyl groups is 1. The Morgan fingerprint density at radius 3 is 1.88 bits per heavy atom. The van der Waals surface area contributed by atoms with Crippen LogP contribution in [0.25, 0.3) is 6.08 Å². The van der Waals surface area contributed by atoms with E-state index in [-0.39, 0.29) is 22.5 Å². The summed E-state index contributed by atoms with van der Waals surface area (Å²) in [4.78, 5) is 22.1. The van der Waals surface area contributed by atoms with Crippen molar-refractivity contribution < 1.29 is 9.90 Å². The molecule has 2 heterocycles. The predicted molar refractivity (Wildman–Crippen MR) is 110 cm³/mol. The van der Waals surface area contributed by atoms with Gasteiger partial charge in [-0.1, -0.05) is 65.5 Å². The number of thiocarbonyl (C=S) groups is 1. The van der Waals surface area contributed by atoms with Crippen molar-refractivity contribution >= 4 is 40.3 Å². The van der Waals surface area contributed by atoms with Gasteiger partial charge in [0.1, 0.15) is 0 Å². The van der Waals surface area contributed by atoms with E-state index >= 15 is 0 Å². The van der Waals surface area contributed by atoms with Gasteiger partial charge in [-0.25, -0.2) is 20.0 Å². The summed E-state index contributed by atoms with van der Waals surface area (Å²) >= 11 is 6.50. The first kappa shape index (κ1) is 20.8. The number of hydrogen-bond acceptors (Lipinski definition) is 7. The zero-order valence-corrected chi connectivity index (χ0v) is 18.2. The fraction of sp³-hybridized carbons (Fsp3) is 0.556. The summed E-state index contributed by atoms with van der Waals surface area (Å²) < 4.78 is 0.470. The molecule has 0 bridgehead atoms. The fourth-order valence-corrected chi connectivity index (χ4v) is 3.88. The minimum Gasteiger partial charge on any atom is -0.504 e. The quantitative estimate of drug-likeness (QED) is 0.608. The summed E-state index contributed by atoms with van der Waals surface area (Å²) in [5.41, 5.74) is 0.398. The molecule has 142 valence electrons. The van der Waals surface area contributed by atoms with Crippen molar-refractivity contribution in [3.8, 4) is 5.75 Å². The van der Waals surface area contributed by atoms with E-state index in [1.165, 1.54) is 16.8 Å². The van der Waals surface area contributed by atoms with E-state index in [4.69, 9.17) is 12.2 Å². The molecule has 8 heteroatoms. The van der Waals surface area contributed by atoms with Crippen LogP contribution < -0.4 is 0 Å². The van der Waals surface area contributed by atoms with Crippen molar-refractivity contribution in [3.63, 3.8) is 0 Å². The molecule has 26 heavy (non-hydrogen) atoms. The van der Waals surface area contributed by atoms with Gasteiger partial charge in [-0.05, 0) is 0 Å². The molecule has 0 atom stereocenters. The lowest BCUT2D eigenvalue weighted by Crippen LogP contribution is -2.40. The predicted octanol–water partition coefficient (Wildman–Crippen LogP) is 3.46. The number of carbonyl (C=O) groups is 1. The lowest BCUT2D eigenvalue weighted by Gasteiger charge is -2.25. The molecule has 1 aromatic rings. The molecule has 2 rings (SSSR count). The summed E-state index contributed by atoms with van der Waals surface area (Å²) in [6.45, 7) is 11.9. The number of nitrogens with zero attached hydrogens (tertiary/aromatic N) is 4. The lowest BCUT2D eigenvalue weighted by atomic mass is 9.85. The second-order valence-corrected chi connectivity index (χ2v) is 10.1. The highest BCUT2D eigenvalue weighted by atomic mass is 32.2. The topological polar surface area (TPSA) is 69.6 Å². The first-order chi connectivity index (χ1) is 11.7. The Hall–Kier alpha value is -1.51. The molecule has 1 aromatic heterocycles. The van der Waals surface area contributed by atoms with Crippen LogP contribution >= 0.6 is 24.0 Å². The van der Waals surface area contributed by atoms with Crippen LogP contribution in [0.2, 0.25) is 0 Å². The average Bonchev–Trinajstić information content (AvgIpc) is 2.72. The first-order valence-corrected chi connectivity index (χ1v) is 9.53. The molecule has 1 amide bonds. The minimum atomic E-state index is -0.363. The zero-order valence-electron chi connectivity index (χ0n) is 16.5. The number of amides is 1. The molecule has 0 saturated carbocycles. The van der Waals surface area contributed by atoms with Gasteiger partial charge in [-0.2, -0.15) is 0 Å². The van der Waals surface area contributed by atoms with Crippen molar-refractivity contribution in [2.75, 3.05) is 14.1 Å². The summed E-state index contributed by atoms with van der Waals surface area (Å²) in [7, 11) is 3.53. The zero-order chi connectivity index (χ0) is 20.0. The molecular weight excluding hydrogens is 368 g/mol. The number of hydrogen-bond donors (Lipinski definition) is 1. The Morgan fingerprint density at radius 1 is 1.08 bits per heavy atom. The highest BCUT2D eigenvalue weighted by Crippen LogP contribution is 2.38. The average molecular weight is 395 g/mol. The van der Waals surface area contributed by atoms with Crippen LogP contribution in [0, 0.1) is 0 Å². The van der Waals surface area contributed by atoms with E-state index in [1.807, 2.05) is 41.5 Å². The maximum Gasteiger partial charge on any atom is 0.281 e. The van der Waals surface area contributed by atoms with Gasteiger partial charge in [0.2, 0.25) is 0 Å². The Bertz CT molecular complexity index is 754. The summed E-state index contributed by atoms with van der Waals surface area (Å²) in [6, 6.07) is 0. The maximum atomic E-state index is 12.6. The van der Waals surface area contributed by atoms with E-state index < -0.39 is 0 Å². The number of thioether (sulfide) groups is 1. The van der Waals surface area contributed by atoms with Crippen molar-refractivity contribution in [3.05, 3.63) is 22.1 Å². The van der Waals surface area contributed by atoms with Crippen molar-refractivity contribution in [2.45, 2.75) is 52.4 Å². The molecule has 0 radical (unpaired) electrons. The van der Waals surface area contributed by atoms with Crippen molar-refractivity contribution in [1.82, 2.24) is 20.0 Å². The van der Waals surface area contributed by atoms with E-state index in [9.17, 15) is 9.90 Å². The number of aromatic nitrogens is 2. The first-order valence-electron chi connectivity index (χ1n) is 8.30. The number of carbonyl (C=O) groups excluding carboxylic acids is 1. The Kier molecular flexibility index (Phi) is 5.52.